The molecule has 0 amide bonds. The van der Waals surface area contributed by atoms with E-state index >= 15 is 0 Å². The van der Waals surface area contributed by atoms with Crippen LogP contribution in [-0.2, 0) is 14.2 Å². The quantitative estimate of drug-likeness (QED) is 0.588. The van der Waals surface area contributed by atoms with Crippen molar-refractivity contribution in [3.05, 3.63) is 21.9 Å². The molecule has 1 aliphatic heterocycles. The predicted molar refractivity (Wildman–Crippen MR) is 68.8 cm³/mol. The number of ether oxygens (including phenoxy) is 3. The second-order valence-corrected chi connectivity index (χ2v) is 5.23. The minimum absolute atomic E-state index is 0.250. The third-order valence-corrected chi connectivity index (χ3v) is 3.75. The molecule has 0 radical (unpaired) electrons. The van der Waals surface area contributed by atoms with Crippen molar-refractivity contribution in [2.45, 2.75) is 32.5 Å². The van der Waals surface area contributed by atoms with Gasteiger partial charge in [0.1, 0.15) is 4.88 Å². The maximum Gasteiger partial charge on any atom is 0.348 e. The van der Waals surface area contributed by atoms with Gasteiger partial charge in [-0.15, -0.1) is 11.3 Å². The van der Waals surface area contributed by atoms with E-state index in [-0.39, 0.29) is 12.3 Å². The first-order valence-electron chi connectivity index (χ1n) is 6.31. The van der Waals surface area contributed by atoms with Crippen LogP contribution in [0.4, 0.5) is 0 Å². The highest BCUT2D eigenvalue weighted by Gasteiger charge is 2.21. The van der Waals surface area contributed by atoms with Crippen molar-refractivity contribution in [3.63, 3.8) is 0 Å². The zero-order valence-corrected chi connectivity index (χ0v) is 11.3. The fourth-order valence-corrected chi connectivity index (χ4v) is 2.60. The summed E-state index contributed by atoms with van der Waals surface area (Å²) in [6.45, 7) is 3.84. The molecule has 0 spiro atoms. The van der Waals surface area contributed by atoms with Crippen LogP contribution in [-0.4, -0.2) is 25.8 Å². The molecule has 1 fully saturated rings. The van der Waals surface area contributed by atoms with Gasteiger partial charge < -0.3 is 14.2 Å². The standard InChI is InChI=1S/C13H18O4S/c1-2-3-4-7-15-12(14)10-5-6-11(18-10)13-16-8-9-17-13/h5-6,13H,2-4,7-9H2,1H3. The lowest BCUT2D eigenvalue weighted by molar-refractivity contribution is -0.0413. The Morgan fingerprint density at radius 3 is 2.89 bits per heavy atom. The molecule has 0 bridgehead atoms. The molecular formula is C13H18O4S. The highest BCUT2D eigenvalue weighted by atomic mass is 32.1. The van der Waals surface area contributed by atoms with Crippen LogP contribution in [0.2, 0.25) is 0 Å². The van der Waals surface area contributed by atoms with Gasteiger partial charge in [0, 0.05) is 0 Å². The zero-order chi connectivity index (χ0) is 12.8. The lowest BCUT2D eigenvalue weighted by Crippen LogP contribution is -2.04. The summed E-state index contributed by atoms with van der Waals surface area (Å²) >= 11 is 1.38. The number of unbranched alkanes of at least 4 members (excludes halogenated alkanes) is 2. The van der Waals surface area contributed by atoms with Crippen LogP contribution in [0.5, 0.6) is 0 Å². The van der Waals surface area contributed by atoms with Gasteiger partial charge in [-0.3, -0.25) is 0 Å². The lowest BCUT2D eigenvalue weighted by Gasteiger charge is -2.05. The van der Waals surface area contributed by atoms with Crippen LogP contribution in [0.1, 0.15) is 47.0 Å². The zero-order valence-electron chi connectivity index (χ0n) is 10.5. The molecule has 0 atom stereocenters. The minimum atomic E-state index is -0.309. The van der Waals surface area contributed by atoms with E-state index in [2.05, 4.69) is 6.92 Å². The highest BCUT2D eigenvalue weighted by Crippen LogP contribution is 2.29. The Balaban J connectivity index is 1.83. The number of hydrogen-bond donors (Lipinski definition) is 0. The molecule has 0 aliphatic carbocycles. The van der Waals surface area contributed by atoms with Crippen molar-refractivity contribution < 1.29 is 19.0 Å². The van der Waals surface area contributed by atoms with Crippen LogP contribution >= 0.6 is 11.3 Å². The summed E-state index contributed by atoms with van der Waals surface area (Å²) in [4.78, 5) is 13.3. The van der Waals surface area contributed by atoms with Crippen molar-refractivity contribution in [3.8, 4) is 0 Å². The molecular weight excluding hydrogens is 252 g/mol. The van der Waals surface area contributed by atoms with Gasteiger partial charge >= 0.3 is 5.97 Å². The maximum atomic E-state index is 11.7. The summed E-state index contributed by atoms with van der Waals surface area (Å²) in [5.41, 5.74) is 0. The number of carbonyl (C=O) groups excluding carboxylic acids is 1. The van der Waals surface area contributed by atoms with Crippen LogP contribution in [0.25, 0.3) is 0 Å². The Morgan fingerprint density at radius 1 is 1.39 bits per heavy atom. The SMILES string of the molecule is CCCCCOC(=O)c1ccc(C2OCCO2)s1. The molecule has 1 aromatic rings. The van der Waals surface area contributed by atoms with Gasteiger partial charge in [0.25, 0.3) is 0 Å². The summed E-state index contributed by atoms with van der Waals surface area (Å²) in [7, 11) is 0. The number of carbonyl (C=O) groups is 1. The van der Waals surface area contributed by atoms with E-state index in [1.165, 1.54) is 11.3 Å². The summed E-state index contributed by atoms with van der Waals surface area (Å²) < 4.78 is 16.0. The second-order valence-electron chi connectivity index (χ2n) is 4.12. The first-order valence-corrected chi connectivity index (χ1v) is 7.13. The molecule has 0 N–H and O–H groups in total. The largest absolute Gasteiger partial charge is 0.462 e. The van der Waals surface area contributed by atoms with Crippen LogP contribution in [0.3, 0.4) is 0 Å². The average Bonchev–Trinajstić information content (AvgIpc) is 3.03. The van der Waals surface area contributed by atoms with E-state index in [1.54, 1.807) is 6.07 Å². The van der Waals surface area contributed by atoms with Crippen LogP contribution in [0, 0.1) is 0 Å². The summed E-state index contributed by atoms with van der Waals surface area (Å²) in [5.74, 6) is -0.250. The van der Waals surface area contributed by atoms with Crippen molar-refractivity contribution in [2.75, 3.05) is 19.8 Å². The first kappa shape index (κ1) is 13.5. The number of esters is 1. The van der Waals surface area contributed by atoms with Crippen molar-refractivity contribution in [2.24, 2.45) is 0 Å². The van der Waals surface area contributed by atoms with Gasteiger partial charge in [0.15, 0.2) is 6.29 Å². The normalized spacial score (nSPS) is 16.1. The highest BCUT2D eigenvalue weighted by molar-refractivity contribution is 7.14. The van der Waals surface area contributed by atoms with Gasteiger partial charge in [0.2, 0.25) is 0 Å². The number of rotatable bonds is 6. The maximum absolute atomic E-state index is 11.7. The lowest BCUT2D eigenvalue weighted by atomic mass is 10.3. The third-order valence-electron chi connectivity index (χ3n) is 2.66. The van der Waals surface area contributed by atoms with Gasteiger partial charge in [-0.2, -0.15) is 0 Å². The van der Waals surface area contributed by atoms with Crippen LogP contribution < -0.4 is 0 Å². The van der Waals surface area contributed by atoms with E-state index < -0.39 is 0 Å². The predicted octanol–water partition coefficient (Wildman–Crippen LogP) is 3.14. The molecule has 0 aromatic carbocycles. The van der Waals surface area contributed by atoms with Crippen molar-refractivity contribution >= 4 is 17.3 Å². The van der Waals surface area contributed by atoms with Gasteiger partial charge in [-0.25, -0.2) is 4.79 Å². The topological polar surface area (TPSA) is 44.8 Å². The van der Waals surface area contributed by atoms with E-state index in [1.807, 2.05) is 6.07 Å². The number of thiophene rings is 1. The van der Waals surface area contributed by atoms with Crippen molar-refractivity contribution in [1.82, 2.24) is 0 Å². The monoisotopic (exact) mass is 270 g/mol. The Morgan fingerprint density at radius 2 is 2.17 bits per heavy atom. The first-order chi connectivity index (χ1) is 8.81. The molecule has 1 aliphatic rings. The van der Waals surface area contributed by atoms with Gasteiger partial charge in [0.05, 0.1) is 24.7 Å². The average molecular weight is 270 g/mol. The van der Waals surface area contributed by atoms with Crippen molar-refractivity contribution in [1.29, 1.82) is 0 Å². The fourth-order valence-electron chi connectivity index (χ4n) is 1.70. The molecule has 4 nitrogen and oxygen atoms in total. The molecule has 0 unspecified atom stereocenters. The minimum Gasteiger partial charge on any atom is -0.462 e. The number of hydrogen-bond acceptors (Lipinski definition) is 5. The molecule has 2 heterocycles. The summed E-state index contributed by atoms with van der Waals surface area (Å²) in [6, 6.07) is 3.64. The van der Waals surface area contributed by atoms with E-state index in [0.29, 0.717) is 24.7 Å². The third kappa shape index (κ3) is 3.54. The summed E-state index contributed by atoms with van der Waals surface area (Å²) in [5, 5.41) is 0. The molecule has 5 heteroatoms. The molecule has 18 heavy (non-hydrogen) atoms. The van der Waals surface area contributed by atoms with Gasteiger partial charge in [-0.1, -0.05) is 19.8 Å². The van der Waals surface area contributed by atoms with Gasteiger partial charge in [-0.05, 0) is 18.6 Å². The smallest absolute Gasteiger partial charge is 0.348 e. The second kappa shape index (κ2) is 6.87. The Bertz CT molecular complexity index is 382. The Hall–Kier alpha value is -0.910. The fraction of sp³-hybridized carbons (Fsp3) is 0.615. The summed E-state index contributed by atoms with van der Waals surface area (Å²) in [6.07, 6.45) is 2.83. The molecule has 1 saturated heterocycles. The van der Waals surface area contributed by atoms with E-state index in [0.717, 1.165) is 24.1 Å². The molecule has 100 valence electrons. The van der Waals surface area contributed by atoms with E-state index in [9.17, 15) is 4.79 Å². The van der Waals surface area contributed by atoms with E-state index in [4.69, 9.17) is 14.2 Å². The molecule has 2 rings (SSSR count). The molecule has 0 saturated carbocycles. The Kier molecular flexibility index (Phi) is 5.16. The molecule has 1 aromatic heterocycles. The Labute approximate surface area is 111 Å². The van der Waals surface area contributed by atoms with Crippen LogP contribution in [0.15, 0.2) is 12.1 Å².